The molecule has 0 aliphatic carbocycles. The molecule has 0 saturated carbocycles. The summed E-state index contributed by atoms with van der Waals surface area (Å²) in [6.45, 7) is 10.1. The van der Waals surface area contributed by atoms with Crippen molar-refractivity contribution in [2.45, 2.75) is 4.90 Å². The monoisotopic (exact) mass is 475 g/mol. The largest absolute Gasteiger partial charge is 0.351 e. The summed E-state index contributed by atoms with van der Waals surface area (Å²) < 4.78 is 15.6. The van der Waals surface area contributed by atoms with Gasteiger partial charge in [0.25, 0.3) is 0 Å². The molecule has 1 N–H and O–H groups in total. The molecule has 1 saturated heterocycles. The van der Waals surface area contributed by atoms with Crippen molar-refractivity contribution in [2.75, 3.05) is 36.0 Å². The Morgan fingerprint density at radius 1 is 1.00 bits per heavy atom. The van der Waals surface area contributed by atoms with Crippen LogP contribution in [-0.4, -0.2) is 60.9 Å². The minimum Gasteiger partial charge on any atom is -0.351 e. The number of hydrogen-bond acceptors (Lipinski definition) is 8. The molecule has 0 bridgehead atoms. The smallest absolute Gasteiger partial charge is 0.225 e. The number of rotatable bonds is 7. The maximum Gasteiger partial charge on any atom is 0.225 e. The first-order chi connectivity index (χ1) is 16.7. The predicted molar refractivity (Wildman–Crippen MR) is 131 cm³/mol. The number of piperazine rings is 1. The van der Waals surface area contributed by atoms with E-state index in [1.165, 1.54) is 17.8 Å². The van der Waals surface area contributed by atoms with Gasteiger partial charge in [-0.1, -0.05) is 31.0 Å². The third-order valence-electron chi connectivity index (χ3n) is 5.52. The molecular formula is C23H22FN9S. The fourth-order valence-corrected chi connectivity index (χ4v) is 4.52. The van der Waals surface area contributed by atoms with E-state index < -0.39 is 5.83 Å². The molecule has 0 atom stereocenters. The van der Waals surface area contributed by atoms with E-state index in [4.69, 9.17) is 0 Å². The van der Waals surface area contributed by atoms with Gasteiger partial charge in [0, 0.05) is 71.9 Å². The molecule has 0 amide bonds. The summed E-state index contributed by atoms with van der Waals surface area (Å²) in [6.07, 6.45) is 13.2. The summed E-state index contributed by atoms with van der Waals surface area (Å²) in [6, 6.07) is 2.08. The third-order valence-corrected chi connectivity index (χ3v) is 6.55. The molecule has 11 heteroatoms. The van der Waals surface area contributed by atoms with Gasteiger partial charge in [0.15, 0.2) is 5.82 Å². The van der Waals surface area contributed by atoms with Gasteiger partial charge in [0.1, 0.15) is 17.7 Å². The van der Waals surface area contributed by atoms with Crippen molar-refractivity contribution in [1.29, 1.82) is 0 Å². The number of aromatic nitrogens is 7. The minimum absolute atomic E-state index is 0.387. The van der Waals surface area contributed by atoms with E-state index in [1.807, 2.05) is 16.9 Å². The lowest BCUT2D eigenvalue weighted by atomic mass is 10.2. The third kappa shape index (κ3) is 4.29. The van der Waals surface area contributed by atoms with Gasteiger partial charge in [0.2, 0.25) is 5.95 Å². The van der Waals surface area contributed by atoms with Gasteiger partial charge in [-0.2, -0.15) is 10.2 Å². The second-order valence-electron chi connectivity index (χ2n) is 7.54. The molecule has 0 spiro atoms. The molecule has 0 aromatic carbocycles. The number of nitrogens with zero attached hydrogens (tertiary/aromatic N) is 8. The Kier molecular flexibility index (Phi) is 6.09. The average molecular weight is 476 g/mol. The van der Waals surface area contributed by atoms with E-state index in [9.17, 15) is 4.39 Å². The fraction of sp³-hybridized carbons (Fsp3) is 0.174. The standard InChI is InChI=1S/C23H22FN9S/c1-3-19(24)21(4-2)34-18-12-25-23(26-13-18)32-7-5-31(6-8-32)22-20-9-16(17-10-28-29-11-17)14-33(20)30-15-27-22/h3-4,9-15H,1-2,5-8H2,(H,28,29)/b21-19-. The van der Waals surface area contributed by atoms with Crippen LogP contribution in [0.1, 0.15) is 0 Å². The number of allylic oxidation sites excluding steroid dienone is 3. The van der Waals surface area contributed by atoms with Crippen LogP contribution < -0.4 is 9.80 Å². The molecule has 9 nitrogen and oxygen atoms in total. The zero-order valence-corrected chi connectivity index (χ0v) is 19.1. The number of H-pyrrole nitrogens is 1. The molecule has 1 fully saturated rings. The fourth-order valence-electron chi connectivity index (χ4n) is 3.79. The SMILES string of the molecule is C=C/C(F)=C(\C=C)Sc1cnc(N2CCN(c3ncnn4cc(-c5cn[nH]c5)cc34)CC2)nc1. The van der Waals surface area contributed by atoms with Gasteiger partial charge in [0.05, 0.1) is 6.20 Å². The summed E-state index contributed by atoms with van der Waals surface area (Å²) in [7, 11) is 0. The molecule has 0 unspecified atom stereocenters. The zero-order valence-electron chi connectivity index (χ0n) is 18.3. The first-order valence-electron chi connectivity index (χ1n) is 10.6. The summed E-state index contributed by atoms with van der Waals surface area (Å²) in [5.74, 6) is 1.12. The van der Waals surface area contributed by atoms with Gasteiger partial charge >= 0.3 is 0 Å². The van der Waals surface area contributed by atoms with Gasteiger partial charge in [-0.15, -0.1) is 0 Å². The van der Waals surface area contributed by atoms with Crippen LogP contribution in [-0.2, 0) is 0 Å². The molecule has 1 aliphatic rings. The summed E-state index contributed by atoms with van der Waals surface area (Å²) in [5.41, 5.74) is 2.98. The minimum atomic E-state index is -0.418. The maximum absolute atomic E-state index is 13.8. The van der Waals surface area contributed by atoms with Gasteiger partial charge in [-0.3, -0.25) is 5.10 Å². The van der Waals surface area contributed by atoms with Crippen LogP contribution in [0.15, 0.2) is 84.3 Å². The molecule has 1 aliphatic heterocycles. The highest BCUT2D eigenvalue weighted by atomic mass is 32.2. The zero-order chi connectivity index (χ0) is 23.5. The lowest BCUT2D eigenvalue weighted by Crippen LogP contribution is -2.47. The molecule has 4 aromatic rings. The second-order valence-corrected chi connectivity index (χ2v) is 8.66. The van der Waals surface area contributed by atoms with Crippen LogP contribution in [0.3, 0.4) is 0 Å². The molecular weight excluding hydrogens is 453 g/mol. The first-order valence-corrected chi connectivity index (χ1v) is 11.4. The van der Waals surface area contributed by atoms with Gasteiger partial charge in [-0.25, -0.2) is 23.9 Å². The van der Waals surface area contributed by atoms with Crippen LogP contribution in [0, 0.1) is 0 Å². The van der Waals surface area contributed by atoms with Crippen LogP contribution in [0.2, 0.25) is 0 Å². The highest BCUT2D eigenvalue weighted by molar-refractivity contribution is 8.03. The molecule has 0 radical (unpaired) electrons. The van der Waals surface area contributed by atoms with Crippen molar-refractivity contribution in [2.24, 2.45) is 0 Å². The highest BCUT2D eigenvalue weighted by Gasteiger charge is 2.22. The lowest BCUT2D eigenvalue weighted by Gasteiger charge is -2.35. The Bertz CT molecular complexity index is 1340. The van der Waals surface area contributed by atoms with Crippen LogP contribution >= 0.6 is 11.8 Å². The highest BCUT2D eigenvalue weighted by Crippen LogP contribution is 2.31. The molecule has 34 heavy (non-hydrogen) atoms. The Hall–Kier alpha value is -3.99. The number of halogens is 1. The van der Waals surface area contributed by atoms with Crippen molar-refractivity contribution in [3.8, 4) is 11.1 Å². The Labute approximate surface area is 199 Å². The number of hydrogen-bond donors (Lipinski definition) is 1. The van der Waals surface area contributed by atoms with Crippen molar-refractivity contribution in [3.63, 3.8) is 0 Å². The molecule has 172 valence electrons. The van der Waals surface area contributed by atoms with Gasteiger partial charge < -0.3 is 9.80 Å². The predicted octanol–water partition coefficient (Wildman–Crippen LogP) is 3.88. The molecule has 5 rings (SSSR count). The number of thioether (sulfide) groups is 1. The summed E-state index contributed by atoms with van der Waals surface area (Å²) in [4.78, 5) is 19.0. The van der Waals surface area contributed by atoms with Crippen LogP contribution in [0.25, 0.3) is 16.6 Å². The normalized spacial score (nSPS) is 14.9. The first kappa shape index (κ1) is 21.8. The Morgan fingerprint density at radius 2 is 1.76 bits per heavy atom. The lowest BCUT2D eigenvalue weighted by molar-refractivity contribution is 0.632. The van der Waals surface area contributed by atoms with Crippen molar-refractivity contribution in [1.82, 2.24) is 34.8 Å². The number of aromatic amines is 1. The Balaban J connectivity index is 1.27. The van der Waals surface area contributed by atoms with Gasteiger partial charge in [-0.05, 0) is 12.1 Å². The molecule has 4 aromatic heterocycles. The van der Waals surface area contributed by atoms with E-state index in [-0.39, 0.29) is 0 Å². The number of fused-ring (bicyclic) bond motifs is 1. The van der Waals surface area contributed by atoms with E-state index in [0.717, 1.165) is 59.6 Å². The number of anilines is 2. The molecule has 5 heterocycles. The number of nitrogens with one attached hydrogen (secondary N) is 1. The van der Waals surface area contributed by atoms with Crippen molar-refractivity contribution in [3.05, 3.63) is 79.4 Å². The quantitative estimate of drug-likeness (QED) is 0.318. The van der Waals surface area contributed by atoms with Crippen LogP contribution in [0.5, 0.6) is 0 Å². The van der Waals surface area contributed by atoms with Crippen molar-refractivity contribution >= 4 is 29.0 Å². The van der Waals surface area contributed by atoms with E-state index in [2.05, 4.69) is 59.3 Å². The topological polar surface area (TPSA) is 91.1 Å². The summed E-state index contributed by atoms with van der Waals surface area (Å²) >= 11 is 1.22. The van der Waals surface area contributed by atoms with Crippen LogP contribution in [0.4, 0.5) is 16.2 Å². The van der Waals surface area contributed by atoms with E-state index in [0.29, 0.717) is 10.9 Å². The summed E-state index contributed by atoms with van der Waals surface area (Å²) in [5, 5.41) is 11.2. The Morgan fingerprint density at radius 3 is 2.44 bits per heavy atom. The second kappa shape index (κ2) is 9.48. The average Bonchev–Trinajstić information content (AvgIpc) is 3.57. The van der Waals surface area contributed by atoms with Crippen molar-refractivity contribution < 1.29 is 4.39 Å². The van der Waals surface area contributed by atoms with E-state index >= 15 is 0 Å². The van der Waals surface area contributed by atoms with E-state index in [1.54, 1.807) is 24.9 Å². The maximum atomic E-state index is 13.8.